The summed E-state index contributed by atoms with van der Waals surface area (Å²) in [7, 11) is 0. The van der Waals surface area contributed by atoms with Crippen LogP contribution in [-0.2, 0) is 6.42 Å². The topological polar surface area (TPSA) is 12.0 Å². The first-order valence-electron chi connectivity index (χ1n) is 8.04. The van der Waals surface area contributed by atoms with Crippen molar-refractivity contribution in [3.63, 3.8) is 0 Å². The summed E-state index contributed by atoms with van der Waals surface area (Å²) in [5, 5.41) is 8.35. The van der Waals surface area contributed by atoms with E-state index in [4.69, 9.17) is 0 Å². The Hall–Kier alpha value is -0.640. The van der Waals surface area contributed by atoms with Gasteiger partial charge in [-0.15, -0.1) is 22.7 Å². The number of hydrogen-bond donors (Lipinski definition) is 1. The molecule has 0 bridgehead atoms. The Bertz CT molecular complexity index is 517. The second-order valence-corrected chi connectivity index (χ2v) is 8.49. The van der Waals surface area contributed by atoms with Gasteiger partial charge in [-0.3, -0.25) is 0 Å². The minimum Gasteiger partial charge on any atom is -0.306 e. The molecule has 3 heteroatoms. The number of thiophene rings is 2. The molecule has 1 aliphatic carbocycles. The highest BCUT2D eigenvalue weighted by atomic mass is 32.1. The largest absolute Gasteiger partial charge is 0.306 e. The molecule has 3 rings (SSSR count). The molecular weight excluding hydrogens is 294 g/mol. The van der Waals surface area contributed by atoms with Crippen molar-refractivity contribution in [2.75, 3.05) is 0 Å². The zero-order valence-corrected chi connectivity index (χ0v) is 14.6. The van der Waals surface area contributed by atoms with Gasteiger partial charge in [0.05, 0.1) is 0 Å². The van der Waals surface area contributed by atoms with Gasteiger partial charge in [0.25, 0.3) is 0 Å². The van der Waals surface area contributed by atoms with Gasteiger partial charge in [0.15, 0.2) is 0 Å². The minimum atomic E-state index is 0.481. The second-order valence-electron chi connectivity index (χ2n) is 6.48. The van der Waals surface area contributed by atoms with E-state index in [0.29, 0.717) is 12.1 Å². The van der Waals surface area contributed by atoms with E-state index in [-0.39, 0.29) is 0 Å². The van der Waals surface area contributed by atoms with Gasteiger partial charge in [0.2, 0.25) is 0 Å². The molecule has 4 unspecified atom stereocenters. The summed E-state index contributed by atoms with van der Waals surface area (Å²) in [5.74, 6) is 1.74. The van der Waals surface area contributed by atoms with Crippen molar-refractivity contribution in [1.82, 2.24) is 5.32 Å². The molecule has 114 valence electrons. The van der Waals surface area contributed by atoms with Crippen LogP contribution in [0.1, 0.15) is 48.9 Å². The fraction of sp³-hybridized carbons (Fsp3) is 0.556. The first kappa shape index (κ1) is 15.3. The number of nitrogens with one attached hydrogen (secondary N) is 1. The molecule has 1 N–H and O–H groups in total. The molecule has 21 heavy (non-hydrogen) atoms. The lowest BCUT2D eigenvalue weighted by atomic mass is 9.79. The molecule has 2 heterocycles. The van der Waals surface area contributed by atoms with Gasteiger partial charge >= 0.3 is 0 Å². The molecule has 0 amide bonds. The van der Waals surface area contributed by atoms with Gasteiger partial charge in [-0.05, 0) is 54.0 Å². The van der Waals surface area contributed by atoms with Crippen molar-refractivity contribution < 1.29 is 0 Å². The third-order valence-electron chi connectivity index (χ3n) is 4.91. The molecule has 2 aromatic heterocycles. The van der Waals surface area contributed by atoms with Gasteiger partial charge in [-0.2, -0.15) is 0 Å². The highest BCUT2D eigenvalue weighted by Crippen LogP contribution is 2.32. The third kappa shape index (κ3) is 3.97. The van der Waals surface area contributed by atoms with Crippen LogP contribution in [0.5, 0.6) is 0 Å². The Morgan fingerprint density at radius 3 is 2.57 bits per heavy atom. The van der Waals surface area contributed by atoms with Gasteiger partial charge in [-0.1, -0.05) is 26.0 Å². The quantitative estimate of drug-likeness (QED) is 0.766. The van der Waals surface area contributed by atoms with Crippen LogP contribution in [-0.4, -0.2) is 6.04 Å². The lowest BCUT2D eigenvalue weighted by Crippen LogP contribution is -2.38. The highest BCUT2D eigenvalue weighted by Gasteiger charge is 2.27. The summed E-state index contributed by atoms with van der Waals surface area (Å²) >= 11 is 3.76. The molecule has 0 aromatic carbocycles. The average Bonchev–Trinajstić information content (AvgIpc) is 3.15. The first-order chi connectivity index (χ1) is 10.2. The first-order valence-corrected chi connectivity index (χ1v) is 9.80. The molecule has 0 spiro atoms. The van der Waals surface area contributed by atoms with Crippen LogP contribution in [0.4, 0.5) is 0 Å². The molecule has 0 saturated heterocycles. The fourth-order valence-electron chi connectivity index (χ4n) is 3.34. The molecule has 1 aliphatic rings. The van der Waals surface area contributed by atoms with Gasteiger partial charge < -0.3 is 5.32 Å². The van der Waals surface area contributed by atoms with Crippen molar-refractivity contribution in [3.8, 4) is 0 Å². The van der Waals surface area contributed by atoms with Gasteiger partial charge in [0.1, 0.15) is 0 Å². The predicted molar refractivity (Wildman–Crippen MR) is 94.2 cm³/mol. The molecule has 1 nitrogen and oxygen atoms in total. The minimum absolute atomic E-state index is 0.481. The normalized spacial score (nSPS) is 27.6. The van der Waals surface area contributed by atoms with Crippen LogP contribution in [0.3, 0.4) is 0 Å². The molecule has 0 radical (unpaired) electrons. The molecule has 0 aliphatic heterocycles. The second kappa shape index (κ2) is 7.08. The number of hydrogen-bond acceptors (Lipinski definition) is 3. The molecule has 4 atom stereocenters. The van der Waals surface area contributed by atoms with Crippen LogP contribution >= 0.6 is 22.7 Å². The van der Waals surface area contributed by atoms with Crippen molar-refractivity contribution in [2.24, 2.45) is 11.8 Å². The van der Waals surface area contributed by atoms with E-state index in [9.17, 15) is 0 Å². The summed E-state index contributed by atoms with van der Waals surface area (Å²) in [6.07, 6.45) is 5.15. The van der Waals surface area contributed by atoms with Crippen molar-refractivity contribution in [1.29, 1.82) is 0 Å². The average molecular weight is 320 g/mol. The zero-order valence-electron chi connectivity index (χ0n) is 12.9. The summed E-state index contributed by atoms with van der Waals surface area (Å²) in [6.45, 7) is 4.82. The molecule has 2 aromatic rings. The Labute approximate surface area is 136 Å². The maximum Gasteiger partial charge on any atom is 0.0465 e. The Balaban J connectivity index is 1.68. The smallest absolute Gasteiger partial charge is 0.0465 e. The standard InChI is InChI=1S/C18H25NS2/c1-13-7-8-15(11-14(13)2)19-17(18-6-4-10-21-18)12-16-5-3-9-20-16/h3-6,9-10,13-15,17,19H,7-8,11-12H2,1-2H3. The maximum absolute atomic E-state index is 3.96. The monoisotopic (exact) mass is 319 g/mol. The molecular formula is C18H25NS2. The fourth-order valence-corrected chi connectivity index (χ4v) is 4.88. The van der Waals surface area contributed by atoms with Gasteiger partial charge in [-0.25, -0.2) is 0 Å². The Morgan fingerprint density at radius 1 is 1.10 bits per heavy atom. The summed E-state index contributed by atoms with van der Waals surface area (Å²) < 4.78 is 0. The van der Waals surface area contributed by atoms with E-state index < -0.39 is 0 Å². The summed E-state index contributed by atoms with van der Waals surface area (Å²) in [6, 6.07) is 10.0. The third-order valence-corrected chi connectivity index (χ3v) is 6.79. The Morgan fingerprint density at radius 2 is 1.90 bits per heavy atom. The van der Waals surface area contributed by atoms with E-state index >= 15 is 0 Å². The van der Waals surface area contributed by atoms with Crippen molar-refractivity contribution in [3.05, 3.63) is 44.8 Å². The van der Waals surface area contributed by atoms with Crippen LogP contribution in [0.15, 0.2) is 35.0 Å². The molecule has 1 fully saturated rings. The lowest BCUT2D eigenvalue weighted by Gasteiger charge is -2.35. The zero-order chi connectivity index (χ0) is 14.7. The summed E-state index contributed by atoms with van der Waals surface area (Å²) in [5.41, 5.74) is 0. The lowest BCUT2D eigenvalue weighted by molar-refractivity contribution is 0.215. The van der Waals surface area contributed by atoms with Crippen LogP contribution in [0.25, 0.3) is 0 Å². The Kier molecular flexibility index (Phi) is 5.15. The maximum atomic E-state index is 3.96. The van der Waals surface area contributed by atoms with Crippen molar-refractivity contribution in [2.45, 2.75) is 51.6 Å². The highest BCUT2D eigenvalue weighted by molar-refractivity contribution is 7.10. The van der Waals surface area contributed by atoms with E-state index in [1.807, 2.05) is 22.7 Å². The van der Waals surface area contributed by atoms with Crippen LogP contribution in [0.2, 0.25) is 0 Å². The van der Waals surface area contributed by atoms with Crippen molar-refractivity contribution >= 4 is 22.7 Å². The van der Waals surface area contributed by atoms with E-state index in [1.165, 1.54) is 29.0 Å². The van der Waals surface area contributed by atoms with E-state index in [1.54, 1.807) is 0 Å². The summed E-state index contributed by atoms with van der Waals surface area (Å²) in [4.78, 5) is 2.97. The van der Waals surface area contributed by atoms with Crippen LogP contribution < -0.4 is 5.32 Å². The van der Waals surface area contributed by atoms with E-state index in [0.717, 1.165) is 18.3 Å². The molecule has 1 saturated carbocycles. The number of rotatable bonds is 5. The van der Waals surface area contributed by atoms with Gasteiger partial charge in [0, 0.05) is 28.3 Å². The van der Waals surface area contributed by atoms with E-state index in [2.05, 4.69) is 54.2 Å². The van der Waals surface area contributed by atoms with Crippen LogP contribution in [0, 0.1) is 11.8 Å². The SMILES string of the molecule is CC1CCC(NC(Cc2cccs2)c2cccs2)CC1C. The predicted octanol–water partition coefficient (Wildman–Crippen LogP) is 5.51.